The van der Waals surface area contributed by atoms with Crippen LogP contribution in [0.1, 0.15) is 12.5 Å². The minimum absolute atomic E-state index is 0.219. The number of amides is 1. The van der Waals surface area contributed by atoms with Crippen molar-refractivity contribution in [1.82, 2.24) is 5.32 Å². The number of benzene rings is 1. The molecule has 0 aliphatic heterocycles. The third-order valence-corrected chi connectivity index (χ3v) is 1.88. The van der Waals surface area contributed by atoms with E-state index in [1.807, 2.05) is 30.3 Å². The van der Waals surface area contributed by atoms with E-state index in [1.165, 1.54) is 0 Å². The zero-order valence-corrected chi connectivity index (χ0v) is 8.03. The highest BCUT2D eigenvalue weighted by atomic mass is 16.2. The minimum Gasteiger partial charge on any atom is -0.345 e. The monoisotopic (exact) mass is 188 g/mol. The topological polar surface area (TPSA) is 33.5 Å². The van der Waals surface area contributed by atoms with Crippen LogP contribution in [0.3, 0.4) is 0 Å². The van der Waals surface area contributed by atoms with Crippen LogP contribution in [0.2, 0.25) is 0 Å². The van der Waals surface area contributed by atoms with Gasteiger partial charge in [-0.25, -0.2) is 6.57 Å². The normalized spacial score (nSPS) is 11.4. The molecular formula is C11H12N2O. The Labute approximate surface area is 83.6 Å². The number of nitrogens with one attached hydrogen (secondary N) is 1. The Morgan fingerprint density at radius 2 is 2.14 bits per heavy atom. The SMILES string of the molecule is [C-]#[N+]C(C)C(=O)NCc1ccccc1. The molecule has 14 heavy (non-hydrogen) atoms. The first-order valence-electron chi connectivity index (χ1n) is 4.42. The largest absolute Gasteiger partial charge is 0.345 e. The van der Waals surface area contributed by atoms with Gasteiger partial charge in [0.05, 0.1) is 0 Å². The van der Waals surface area contributed by atoms with Crippen molar-refractivity contribution in [2.24, 2.45) is 0 Å². The second kappa shape index (κ2) is 5.03. The van der Waals surface area contributed by atoms with E-state index < -0.39 is 6.04 Å². The predicted molar refractivity (Wildman–Crippen MR) is 54.4 cm³/mol. The molecule has 1 amide bonds. The van der Waals surface area contributed by atoms with Crippen molar-refractivity contribution in [2.45, 2.75) is 19.5 Å². The van der Waals surface area contributed by atoms with Gasteiger partial charge in [-0.15, -0.1) is 0 Å². The van der Waals surface area contributed by atoms with Crippen LogP contribution in [-0.2, 0) is 11.3 Å². The lowest BCUT2D eigenvalue weighted by atomic mass is 10.2. The van der Waals surface area contributed by atoms with E-state index in [1.54, 1.807) is 6.92 Å². The summed E-state index contributed by atoms with van der Waals surface area (Å²) in [5.41, 5.74) is 1.04. The zero-order valence-electron chi connectivity index (χ0n) is 8.03. The quantitative estimate of drug-likeness (QED) is 0.718. The highest BCUT2D eigenvalue weighted by Crippen LogP contribution is 1.98. The second-order valence-electron chi connectivity index (χ2n) is 3.01. The van der Waals surface area contributed by atoms with E-state index in [2.05, 4.69) is 10.2 Å². The molecule has 1 unspecified atom stereocenters. The van der Waals surface area contributed by atoms with E-state index in [-0.39, 0.29) is 5.91 Å². The summed E-state index contributed by atoms with van der Waals surface area (Å²) < 4.78 is 0. The first kappa shape index (κ1) is 10.3. The first-order chi connectivity index (χ1) is 6.74. The smallest absolute Gasteiger partial charge is 0.303 e. The summed E-state index contributed by atoms with van der Waals surface area (Å²) in [7, 11) is 0. The van der Waals surface area contributed by atoms with E-state index in [0.717, 1.165) is 5.56 Å². The predicted octanol–water partition coefficient (Wildman–Crippen LogP) is 1.61. The number of nitrogens with zero attached hydrogens (tertiary/aromatic N) is 1. The molecule has 1 rings (SSSR count). The molecule has 1 aromatic rings. The third kappa shape index (κ3) is 2.91. The molecule has 0 saturated carbocycles. The van der Waals surface area contributed by atoms with Gasteiger partial charge in [0.2, 0.25) is 0 Å². The Kier molecular flexibility index (Phi) is 3.69. The summed E-state index contributed by atoms with van der Waals surface area (Å²) in [6.07, 6.45) is 0. The van der Waals surface area contributed by atoms with Crippen LogP contribution >= 0.6 is 0 Å². The molecule has 0 bridgehead atoms. The van der Waals surface area contributed by atoms with Crippen LogP contribution in [0.15, 0.2) is 30.3 Å². The highest BCUT2D eigenvalue weighted by Gasteiger charge is 2.15. The lowest BCUT2D eigenvalue weighted by molar-refractivity contribution is -0.121. The molecule has 3 nitrogen and oxygen atoms in total. The molecule has 1 atom stereocenters. The summed E-state index contributed by atoms with van der Waals surface area (Å²) in [6.45, 7) is 8.76. The molecule has 0 fully saturated rings. The van der Waals surface area contributed by atoms with Crippen molar-refractivity contribution in [2.75, 3.05) is 0 Å². The van der Waals surface area contributed by atoms with Gasteiger partial charge in [-0.2, -0.15) is 0 Å². The summed E-state index contributed by atoms with van der Waals surface area (Å²) in [5, 5.41) is 2.70. The Morgan fingerprint density at radius 3 is 2.71 bits per heavy atom. The van der Waals surface area contributed by atoms with Crippen molar-refractivity contribution >= 4 is 5.91 Å². The molecule has 0 aromatic heterocycles. The second-order valence-corrected chi connectivity index (χ2v) is 3.01. The van der Waals surface area contributed by atoms with Crippen molar-refractivity contribution in [3.05, 3.63) is 47.3 Å². The molecule has 0 saturated heterocycles. The zero-order chi connectivity index (χ0) is 10.4. The average Bonchev–Trinajstić information content (AvgIpc) is 2.26. The van der Waals surface area contributed by atoms with Crippen LogP contribution in [-0.4, -0.2) is 11.9 Å². The number of carbonyl (C=O) groups excluding carboxylic acids is 1. The van der Waals surface area contributed by atoms with Crippen LogP contribution in [0.5, 0.6) is 0 Å². The summed E-state index contributed by atoms with van der Waals surface area (Å²) in [5.74, 6) is -0.219. The van der Waals surface area contributed by atoms with Gasteiger partial charge in [0.1, 0.15) is 0 Å². The maximum absolute atomic E-state index is 11.2. The third-order valence-electron chi connectivity index (χ3n) is 1.88. The maximum Gasteiger partial charge on any atom is 0.303 e. The molecule has 0 heterocycles. The van der Waals surface area contributed by atoms with Gasteiger partial charge >= 0.3 is 5.91 Å². The fourth-order valence-electron chi connectivity index (χ4n) is 0.991. The van der Waals surface area contributed by atoms with Gasteiger partial charge in [-0.3, -0.25) is 4.79 Å². The van der Waals surface area contributed by atoms with Crippen molar-refractivity contribution in [3.63, 3.8) is 0 Å². The molecule has 0 spiro atoms. The molecule has 3 heteroatoms. The summed E-state index contributed by atoms with van der Waals surface area (Å²) in [4.78, 5) is 14.4. The summed E-state index contributed by atoms with van der Waals surface area (Å²) in [6, 6.07) is 9.02. The molecule has 72 valence electrons. The highest BCUT2D eigenvalue weighted by molar-refractivity contribution is 5.82. The Hall–Kier alpha value is -1.82. The van der Waals surface area contributed by atoms with Gasteiger partial charge in [0, 0.05) is 13.5 Å². The lowest BCUT2D eigenvalue weighted by Gasteiger charge is -2.03. The fraction of sp³-hybridized carbons (Fsp3) is 0.273. The van der Waals surface area contributed by atoms with Gasteiger partial charge in [0.25, 0.3) is 6.04 Å². The fourth-order valence-corrected chi connectivity index (χ4v) is 0.991. The first-order valence-corrected chi connectivity index (χ1v) is 4.42. The molecule has 0 aliphatic carbocycles. The van der Waals surface area contributed by atoms with Gasteiger partial charge in [0.15, 0.2) is 0 Å². The van der Waals surface area contributed by atoms with Gasteiger partial charge < -0.3 is 10.2 Å². The number of carbonyl (C=O) groups is 1. The number of rotatable bonds is 3. The van der Waals surface area contributed by atoms with Crippen molar-refractivity contribution < 1.29 is 4.79 Å². The van der Waals surface area contributed by atoms with Crippen LogP contribution < -0.4 is 5.32 Å². The van der Waals surface area contributed by atoms with E-state index >= 15 is 0 Å². The average molecular weight is 188 g/mol. The Morgan fingerprint density at radius 1 is 1.50 bits per heavy atom. The van der Waals surface area contributed by atoms with Crippen LogP contribution in [0, 0.1) is 6.57 Å². The molecule has 1 N–H and O–H groups in total. The Bertz CT molecular complexity index is 340. The van der Waals surface area contributed by atoms with Crippen LogP contribution in [0.4, 0.5) is 0 Å². The van der Waals surface area contributed by atoms with Crippen LogP contribution in [0.25, 0.3) is 4.85 Å². The molecule has 1 aromatic carbocycles. The van der Waals surface area contributed by atoms with Crippen molar-refractivity contribution in [3.8, 4) is 0 Å². The minimum atomic E-state index is -0.598. The van der Waals surface area contributed by atoms with Crippen molar-refractivity contribution in [1.29, 1.82) is 0 Å². The van der Waals surface area contributed by atoms with Gasteiger partial charge in [-0.1, -0.05) is 30.3 Å². The maximum atomic E-state index is 11.2. The van der Waals surface area contributed by atoms with E-state index in [9.17, 15) is 4.79 Å². The number of hydrogen-bond acceptors (Lipinski definition) is 1. The Balaban J connectivity index is 2.43. The molecule has 0 aliphatic rings. The van der Waals surface area contributed by atoms with E-state index in [0.29, 0.717) is 6.54 Å². The summed E-state index contributed by atoms with van der Waals surface area (Å²) >= 11 is 0. The van der Waals surface area contributed by atoms with Gasteiger partial charge in [-0.05, 0) is 5.56 Å². The molecule has 0 radical (unpaired) electrons. The lowest BCUT2D eigenvalue weighted by Crippen LogP contribution is -2.30. The van der Waals surface area contributed by atoms with E-state index in [4.69, 9.17) is 6.57 Å². The standard InChI is InChI=1S/C11H12N2O/c1-9(12-2)11(14)13-8-10-6-4-3-5-7-10/h3-7,9H,8H2,1H3,(H,13,14). The number of hydrogen-bond donors (Lipinski definition) is 1. The molecular weight excluding hydrogens is 176 g/mol.